The van der Waals surface area contributed by atoms with Gasteiger partial charge in [0.05, 0.1) is 11.7 Å². The molecule has 4 heteroatoms. The molecule has 4 nitrogen and oxygen atoms in total. The second-order valence-corrected chi connectivity index (χ2v) is 9.02. The average Bonchev–Trinajstić information content (AvgIpc) is 2.97. The third-order valence-corrected chi connectivity index (χ3v) is 6.34. The van der Waals surface area contributed by atoms with Gasteiger partial charge in [-0.3, -0.25) is 10.4 Å². The molecule has 2 N–H and O–H groups in total. The Morgan fingerprint density at radius 2 is 1.32 bits per heavy atom. The zero-order valence-electron chi connectivity index (χ0n) is 21.1. The van der Waals surface area contributed by atoms with Crippen molar-refractivity contribution in [3.63, 3.8) is 0 Å². The van der Waals surface area contributed by atoms with Gasteiger partial charge in [-0.25, -0.2) is 0 Å². The van der Waals surface area contributed by atoms with Crippen molar-refractivity contribution in [2.24, 2.45) is 5.10 Å². The second kappa shape index (κ2) is 11.4. The predicted octanol–water partition coefficient (Wildman–Crippen LogP) is 7.85. The smallest absolute Gasteiger partial charge is 0.154 e. The van der Waals surface area contributed by atoms with Gasteiger partial charge in [0.2, 0.25) is 0 Å². The molecular formula is C33H30N4. The molecule has 1 atom stereocenters. The van der Waals surface area contributed by atoms with Gasteiger partial charge in [-0.1, -0.05) is 103 Å². The normalized spacial score (nSPS) is 12.1. The molecule has 0 aliphatic heterocycles. The van der Waals surface area contributed by atoms with Crippen molar-refractivity contribution in [1.82, 2.24) is 10.3 Å². The lowest BCUT2D eigenvalue weighted by Gasteiger charge is -2.21. The van der Waals surface area contributed by atoms with Crippen LogP contribution in [0.1, 0.15) is 29.8 Å². The minimum absolute atomic E-state index is 0.0357. The van der Waals surface area contributed by atoms with Crippen LogP contribution in [-0.4, -0.2) is 10.8 Å². The molecule has 37 heavy (non-hydrogen) atoms. The van der Waals surface area contributed by atoms with Gasteiger partial charge in [-0.15, -0.1) is 0 Å². The van der Waals surface area contributed by atoms with Crippen LogP contribution in [0.25, 0.3) is 22.3 Å². The van der Waals surface area contributed by atoms with Crippen molar-refractivity contribution in [2.75, 3.05) is 5.43 Å². The van der Waals surface area contributed by atoms with Gasteiger partial charge in [0, 0.05) is 23.0 Å². The highest BCUT2D eigenvalue weighted by Crippen LogP contribution is 2.28. The molecule has 0 spiro atoms. The van der Waals surface area contributed by atoms with Crippen molar-refractivity contribution in [1.29, 1.82) is 0 Å². The summed E-state index contributed by atoms with van der Waals surface area (Å²) >= 11 is 0. The number of amidine groups is 1. The van der Waals surface area contributed by atoms with E-state index in [2.05, 4.69) is 102 Å². The van der Waals surface area contributed by atoms with Crippen LogP contribution in [0.5, 0.6) is 0 Å². The topological polar surface area (TPSA) is 49.3 Å². The number of nitrogens with one attached hydrogen (secondary N) is 2. The van der Waals surface area contributed by atoms with Gasteiger partial charge in [0.25, 0.3) is 0 Å². The number of pyridine rings is 1. The minimum Gasteiger partial charge on any atom is -0.362 e. The lowest BCUT2D eigenvalue weighted by Crippen LogP contribution is -2.29. The first-order chi connectivity index (χ1) is 18.2. The number of aromatic nitrogens is 1. The fourth-order valence-electron chi connectivity index (χ4n) is 4.31. The van der Waals surface area contributed by atoms with Gasteiger partial charge in [-0.2, -0.15) is 5.10 Å². The van der Waals surface area contributed by atoms with E-state index in [1.54, 1.807) is 0 Å². The van der Waals surface area contributed by atoms with Gasteiger partial charge in [0.15, 0.2) is 5.84 Å². The molecule has 5 aromatic rings. The molecule has 0 amide bonds. The number of benzene rings is 4. The van der Waals surface area contributed by atoms with Crippen LogP contribution in [0.15, 0.2) is 133 Å². The Morgan fingerprint density at radius 3 is 2.03 bits per heavy atom. The minimum atomic E-state index is 0.0357. The number of nitrogens with zero attached hydrogens (tertiary/aromatic N) is 2. The summed E-state index contributed by atoms with van der Waals surface area (Å²) in [4.78, 5) is 4.40. The zero-order valence-corrected chi connectivity index (χ0v) is 21.1. The lowest BCUT2D eigenvalue weighted by atomic mass is 9.95. The molecule has 0 radical (unpaired) electrons. The van der Waals surface area contributed by atoms with Crippen molar-refractivity contribution in [3.8, 4) is 22.3 Å². The van der Waals surface area contributed by atoms with E-state index in [0.29, 0.717) is 0 Å². The molecule has 0 fully saturated rings. The Balaban J connectivity index is 1.39. The average molecular weight is 483 g/mol. The van der Waals surface area contributed by atoms with Gasteiger partial charge >= 0.3 is 0 Å². The van der Waals surface area contributed by atoms with Gasteiger partial charge in [-0.05, 0) is 54.3 Å². The third-order valence-electron chi connectivity index (χ3n) is 6.34. The maximum absolute atomic E-state index is 4.79. The van der Waals surface area contributed by atoms with Crippen LogP contribution in [0.4, 0.5) is 5.69 Å². The van der Waals surface area contributed by atoms with Crippen LogP contribution < -0.4 is 10.7 Å². The number of hydrogen-bond donors (Lipinski definition) is 2. The third kappa shape index (κ3) is 5.93. The predicted molar refractivity (Wildman–Crippen MR) is 154 cm³/mol. The summed E-state index contributed by atoms with van der Waals surface area (Å²) in [5.74, 6) is 0.780. The highest BCUT2D eigenvalue weighted by atomic mass is 15.3. The van der Waals surface area contributed by atoms with Crippen molar-refractivity contribution in [3.05, 3.63) is 144 Å². The van der Waals surface area contributed by atoms with E-state index in [-0.39, 0.29) is 6.04 Å². The van der Waals surface area contributed by atoms with E-state index in [9.17, 15) is 0 Å². The van der Waals surface area contributed by atoms with E-state index in [0.717, 1.165) is 33.9 Å². The first-order valence-corrected chi connectivity index (χ1v) is 12.5. The fourth-order valence-corrected chi connectivity index (χ4v) is 4.31. The summed E-state index contributed by atoms with van der Waals surface area (Å²) in [5, 5.41) is 8.44. The summed E-state index contributed by atoms with van der Waals surface area (Å²) in [6.07, 6.45) is 1.90. The summed E-state index contributed by atoms with van der Waals surface area (Å²) < 4.78 is 0. The van der Waals surface area contributed by atoms with E-state index in [4.69, 9.17) is 5.10 Å². The summed E-state index contributed by atoms with van der Waals surface area (Å²) in [6.45, 7) is 4.17. The zero-order chi connectivity index (χ0) is 25.5. The maximum Gasteiger partial charge on any atom is 0.154 e. The number of hydrogen-bond acceptors (Lipinski definition) is 3. The number of rotatable bonds is 7. The SMILES string of the molecule is Cc1ccc(-c2ccc(N/N=C(\NC(C)c3ccccc3-c3ccccc3)c3ccccc3)cc2)cn1. The molecule has 0 aliphatic rings. The summed E-state index contributed by atoms with van der Waals surface area (Å²) in [5.41, 5.74) is 12.0. The van der Waals surface area contributed by atoms with Crippen LogP contribution in [0, 0.1) is 6.92 Å². The Kier molecular flexibility index (Phi) is 7.37. The van der Waals surface area contributed by atoms with Crippen LogP contribution in [0.3, 0.4) is 0 Å². The highest BCUT2D eigenvalue weighted by Gasteiger charge is 2.14. The Labute approximate surface area is 218 Å². The number of aryl methyl sites for hydroxylation is 1. The molecule has 4 aromatic carbocycles. The molecule has 5 rings (SSSR count). The van der Waals surface area contributed by atoms with E-state index in [1.165, 1.54) is 16.7 Å². The Morgan fingerprint density at radius 1 is 0.676 bits per heavy atom. The van der Waals surface area contributed by atoms with Gasteiger partial charge in [0.1, 0.15) is 0 Å². The Bertz CT molecular complexity index is 1460. The molecule has 1 aromatic heterocycles. The molecule has 182 valence electrons. The first-order valence-electron chi connectivity index (χ1n) is 12.5. The van der Waals surface area contributed by atoms with E-state index >= 15 is 0 Å². The fraction of sp³-hybridized carbons (Fsp3) is 0.0909. The molecule has 1 heterocycles. The molecule has 1 unspecified atom stereocenters. The van der Waals surface area contributed by atoms with Crippen LogP contribution in [0.2, 0.25) is 0 Å². The molecular weight excluding hydrogens is 452 g/mol. The number of hydrazone groups is 1. The largest absolute Gasteiger partial charge is 0.362 e. The maximum atomic E-state index is 4.79. The first kappa shape index (κ1) is 24.0. The Hall–Kier alpha value is -4.70. The van der Waals surface area contributed by atoms with Crippen molar-refractivity contribution in [2.45, 2.75) is 19.9 Å². The molecule has 0 saturated heterocycles. The molecule has 0 bridgehead atoms. The quantitative estimate of drug-likeness (QED) is 0.141. The van der Waals surface area contributed by atoms with Crippen molar-refractivity contribution < 1.29 is 0 Å². The van der Waals surface area contributed by atoms with E-state index in [1.807, 2.05) is 55.6 Å². The van der Waals surface area contributed by atoms with Crippen LogP contribution in [-0.2, 0) is 0 Å². The number of anilines is 1. The lowest BCUT2D eigenvalue weighted by molar-refractivity contribution is 0.717. The standard InChI is InChI=1S/C33H30N4/c1-24-17-18-29(23-34-24)26-19-21-30(22-20-26)36-37-33(28-13-7-4-8-14-28)35-25(2)31-15-9-10-16-32(31)27-11-5-3-6-12-27/h3-23,25,36H,1-2H3,(H,35,37). The monoisotopic (exact) mass is 482 g/mol. The highest BCUT2D eigenvalue weighted by molar-refractivity contribution is 5.99. The summed E-state index contributed by atoms with van der Waals surface area (Å²) in [6, 6.07) is 41.6. The summed E-state index contributed by atoms with van der Waals surface area (Å²) in [7, 11) is 0. The van der Waals surface area contributed by atoms with E-state index < -0.39 is 0 Å². The second-order valence-electron chi connectivity index (χ2n) is 9.02. The molecule has 0 aliphatic carbocycles. The van der Waals surface area contributed by atoms with Crippen molar-refractivity contribution >= 4 is 11.5 Å². The van der Waals surface area contributed by atoms with Gasteiger partial charge < -0.3 is 5.32 Å². The van der Waals surface area contributed by atoms with Crippen LogP contribution >= 0.6 is 0 Å². The molecule has 0 saturated carbocycles.